The fourth-order valence-electron chi connectivity index (χ4n) is 0.622. The minimum Gasteiger partial charge on any atom is -0.363 e. The minimum absolute atomic E-state index is 0.0798. The van der Waals surface area contributed by atoms with Gasteiger partial charge in [-0.1, -0.05) is 23.1 Å². The summed E-state index contributed by atoms with van der Waals surface area (Å²) in [5.41, 5.74) is 0. The average molecular weight is 232 g/mol. The van der Waals surface area contributed by atoms with Gasteiger partial charge in [-0.3, -0.25) is 4.79 Å². The van der Waals surface area contributed by atoms with Crippen LogP contribution in [0.5, 0.6) is 0 Å². The van der Waals surface area contributed by atoms with Crippen molar-refractivity contribution < 1.29 is 4.79 Å². The quantitative estimate of drug-likeness (QED) is 0.777. The molecule has 1 rings (SSSR count). The molecule has 1 heterocycles. The van der Waals surface area contributed by atoms with Gasteiger partial charge in [-0.15, -0.1) is 10.2 Å². The molecule has 14 heavy (non-hydrogen) atoms. The monoisotopic (exact) mass is 232 g/mol. The van der Waals surface area contributed by atoms with Gasteiger partial charge in [0, 0.05) is 21.1 Å². The molecule has 7 heteroatoms. The van der Waals surface area contributed by atoms with E-state index in [1.165, 1.54) is 23.1 Å². The summed E-state index contributed by atoms with van der Waals surface area (Å²) in [6.07, 6.45) is 0. The van der Waals surface area contributed by atoms with Gasteiger partial charge in [-0.2, -0.15) is 0 Å². The Balaban J connectivity index is 2.41. The van der Waals surface area contributed by atoms with Crippen molar-refractivity contribution in [3.05, 3.63) is 0 Å². The molecule has 1 aromatic rings. The second-order valence-electron chi connectivity index (χ2n) is 2.70. The zero-order chi connectivity index (χ0) is 10.6. The van der Waals surface area contributed by atoms with E-state index < -0.39 is 0 Å². The van der Waals surface area contributed by atoms with Gasteiger partial charge in [0.25, 0.3) is 0 Å². The molecule has 0 aliphatic rings. The number of amides is 1. The summed E-state index contributed by atoms with van der Waals surface area (Å²) in [4.78, 5) is 12.8. The predicted molar refractivity (Wildman–Crippen MR) is 58.9 cm³/mol. The topological polar surface area (TPSA) is 58.1 Å². The molecule has 0 aliphatic heterocycles. The van der Waals surface area contributed by atoms with Crippen LogP contribution >= 0.6 is 23.1 Å². The first-order valence-corrected chi connectivity index (χ1v) is 5.78. The number of carbonyl (C=O) groups is 1. The van der Waals surface area contributed by atoms with Crippen molar-refractivity contribution in [2.75, 3.05) is 32.2 Å². The van der Waals surface area contributed by atoms with E-state index in [4.69, 9.17) is 0 Å². The van der Waals surface area contributed by atoms with Crippen LogP contribution in [-0.4, -0.2) is 47.9 Å². The van der Waals surface area contributed by atoms with E-state index in [1.54, 1.807) is 26.0 Å². The minimum atomic E-state index is 0.0798. The van der Waals surface area contributed by atoms with Crippen molar-refractivity contribution in [3.8, 4) is 0 Å². The molecule has 0 radical (unpaired) electrons. The molecule has 1 aromatic heterocycles. The van der Waals surface area contributed by atoms with Crippen LogP contribution in [0.25, 0.3) is 0 Å². The number of anilines is 1. The number of hydrogen-bond donors (Lipinski definition) is 1. The number of nitrogens with zero attached hydrogens (tertiary/aromatic N) is 3. The molecule has 0 spiro atoms. The molecule has 0 saturated heterocycles. The first-order chi connectivity index (χ1) is 6.63. The highest BCUT2D eigenvalue weighted by molar-refractivity contribution is 8.01. The third-order valence-corrected chi connectivity index (χ3v) is 3.50. The third kappa shape index (κ3) is 3.15. The molecule has 0 aliphatic carbocycles. The number of carbonyl (C=O) groups excluding carboxylic acids is 1. The summed E-state index contributed by atoms with van der Waals surface area (Å²) in [6, 6.07) is 0. The van der Waals surface area contributed by atoms with Crippen molar-refractivity contribution in [2.24, 2.45) is 0 Å². The summed E-state index contributed by atoms with van der Waals surface area (Å²) in [7, 11) is 5.27. The van der Waals surface area contributed by atoms with Crippen LogP contribution in [0.3, 0.4) is 0 Å². The molecule has 0 aromatic carbocycles. The molecule has 0 saturated carbocycles. The Labute approximate surface area is 90.9 Å². The zero-order valence-corrected chi connectivity index (χ0v) is 9.91. The molecule has 0 bridgehead atoms. The lowest BCUT2D eigenvalue weighted by Gasteiger charge is -2.07. The van der Waals surface area contributed by atoms with E-state index in [0.29, 0.717) is 5.75 Å². The van der Waals surface area contributed by atoms with Gasteiger partial charge in [-0.25, -0.2) is 0 Å². The molecule has 0 atom stereocenters. The Morgan fingerprint density at radius 3 is 2.79 bits per heavy atom. The normalized spacial score (nSPS) is 9.93. The highest BCUT2D eigenvalue weighted by Crippen LogP contribution is 2.24. The fourth-order valence-corrected chi connectivity index (χ4v) is 2.31. The molecule has 0 fully saturated rings. The molecule has 0 unspecified atom stereocenters. The van der Waals surface area contributed by atoms with Crippen LogP contribution in [0, 0.1) is 0 Å². The first-order valence-electron chi connectivity index (χ1n) is 3.97. The molecule has 5 nitrogen and oxygen atoms in total. The highest BCUT2D eigenvalue weighted by atomic mass is 32.2. The predicted octanol–water partition coefficient (Wildman–Crippen LogP) is 0.760. The lowest BCUT2D eigenvalue weighted by Crippen LogP contribution is -2.23. The first kappa shape index (κ1) is 11.3. The van der Waals surface area contributed by atoms with Gasteiger partial charge in [0.15, 0.2) is 4.34 Å². The summed E-state index contributed by atoms with van der Waals surface area (Å²) in [5.74, 6) is 0.488. The maximum absolute atomic E-state index is 11.2. The highest BCUT2D eigenvalue weighted by Gasteiger charge is 2.08. The molecular weight excluding hydrogens is 220 g/mol. The summed E-state index contributed by atoms with van der Waals surface area (Å²) >= 11 is 2.85. The Morgan fingerprint density at radius 1 is 1.57 bits per heavy atom. The average Bonchev–Trinajstić information content (AvgIpc) is 2.61. The van der Waals surface area contributed by atoms with Crippen molar-refractivity contribution in [1.82, 2.24) is 15.1 Å². The zero-order valence-electron chi connectivity index (χ0n) is 8.27. The van der Waals surface area contributed by atoms with Crippen molar-refractivity contribution in [1.29, 1.82) is 0 Å². The molecule has 1 amide bonds. The van der Waals surface area contributed by atoms with E-state index >= 15 is 0 Å². The lowest BCUT2D eigenvalue weighted by atomic mass is 10.6. The van der Waals surface area contributed by atoms with Crippen molar-refractivity contribution in [2.45, 2.75) is 4.34 Å². The largest absolute Gasteiger partial charge is 0.363 e. The van der Waals surface area contributed by atoms with E-state index in [9.17, 15) is 4.79 Å². The van der Waals surface area contributed by atoms with Crippen LogP contribution in [0.2, 0.25) is 0 Å². The summed E-state index contributed by atoms with van der Waals surface area (Å²) < 4.78 is 0.810. The summed E-state index contributed by atoms with van der Waals surface area (Å²) in [6.45, 7) is 0. The van der Waals surface area contributed by atoms with Crippen LogP contribution in [0.1, 0.15) is 0 Å². The SMILES string of the molecule is CNc1nnc(SCC(=O)N(C)C)s1. The van der Waals surface area contributed by atoms with E-state index in [-0.39, 0.29) is 5.91 Å². The molecule has 78 valence electrons. The number of nitrogens with one attached hydrogen (secondary N) is 1. The van der Waals surface area contributed by atoms with E-state index in [2.05, 4.69) is 15.5 Å². The fraction of sp³-hybridized carbons (Fsp3) is 0.571. The maximum atomic E-state index is 11.2. The number of thioether (sulfide) groups is 1. The molecule has 1 N–H and O–H groups in total. The standard InChI is InChI=1S/C7H12N4OS2/c1-8-6-9-10-7(14-6)13-4-5(12)11(2)3/h4H2,1-3H3,(H,8,9). The second kappa shape index (κ2) is 5.16. The van der Waals surface area contributed by atoms with Crippen molar-refractivity contribution >= 4 is 34.1 Å². The van der Waals surface area contributed by atoms with Crippen LogP contribution < -0.4 is 5.32 Å². The maximum Gasteiger partial charge on any atom is 0.232 e. The Kier molecular flexibility index (Phi) is 4.15. The van der Waals surface area contributed by atoms with Crippen LogP contribution in [-0.2, 0) is 4.79 Å². The Hall–Kier alpha value is -0.820. The smallest absolute Gasteiger partial charge is 0.232 e. The van der Waals surface area contributed by atoms with Gasteiger partial charge in [0.05, 0.1) is 5.75 Å². The Bertz CT molecular complexity index is 312. The second-order valence-corrected chi connectivity index (χ2v) is 4.90. The number of aromatic nitrogens is 2. The van der Waals surface area contributed by atoms with Gasteiger partial charge >= 0.3 is 0 Å². The number of rotatable bonds is 4. The van der Waals surface area contributed by atoms with Gasteiger partial charge in [-0.05, 0) is 0 Å². The van der Waals surface area contributed by atoms with Crippen LogP contribution in [0.15, 0.2) is 4.34 Å². The van der Waals surface area contributed by atoms with Gasteiger partial charge in [0.1, 0.15) is 0 Å². The van der Waals surface area contributed by atoms with Crippen molar-refractivity contribution in [3.63, 3.8) is 0 Å². The van der Waals surface area contributed by atoms with Gasteiger partial charge in [0.2, 0.25) is 11.0 Å². The third-order valence-electron chi connectivity index (χ3n) is 1.44. The van der Waals surface area contributed by atoms with E-state index in [1.807, 2.05) is 0 Å². The van der Waals surface area contributed by atoms with Gasteiger partial charge < -0.3 is 10.2 Å². The number of hydrogen-bond acceptors (Lipinski definition) is 6. The van der Waals surface area contributed by atoms with Crippen LogP contribution in [0.4, 0.5) is 5.13 Å². The summed E-state index contributed by atoms with van der Waals surface area (Å²) in [5, 5.41) is 11.4. The lowest BCUT2D eigenvalue weighted by molar-refractivity contribution is -0.125. The van der Waals surface area contributed by atoms with E-state index in [0.717, 1.165) is 9.47 Å². The Morgan fingerprint density at radius 2 is 2.29 bits per heavy atom. The molecular formula is C7H12N4OS2.